The topological polar surface area (TPSA) is 241 Å². The first-order chi connectivity index (χ1) is 39.3. The van der Waals surface area contributed by atoms with E-state index in [9.17, 15) is 48.3 Å². The molecular weight excluding hydrogens is 1070 g/mol. The molecule has 1 heterocycles. The minimum Gasteiger partial charge on any atom is -0.393 e. The summed E-state index contributed by atoms with van der Waals surface area (Å²) >= 11 is 0. The lowest BCUT2D eigenvalue weighted by molar-refractivity contribution is -0.151. The van der Waals surface area contributed by atoms with Gasteiger partial charge in [-0.05, 0) is 82.8 Å². The van der Waals surface area contributed by atoms with Crippen LogP contribution in [0.5, 0.6) is 0 Å². The fourth-order valence-corrected chi connectivity index (χ4v) is 10.4. The molecule has 0 aromatic heterocycles. The second-order valence-electron chi connectivity index (χ2n) is 24.2. The highest BCUT2D eigenvalue weighted by Crippen LogP contribution is 2.28. The molecule has 0 radical (unpaired) electrons. The maximum Gasteiger partial charge on any atom is 0.339 e. The van der Waals surface area contributed by atoms with Crippen molar-refractivity contribution in [1.82, 2.24) is 50.1 Å². The van der Waals surface area contributed by atoms with E-state index in [4.69, 9.17) is 0 Å². The molecule has 21 nitrogen and oxygen atoms in total. The van der Waals surface area contributed by atoms with Crippen LogP contribution in [0.25, 0.3) is 0 Å². The summed E-state index contributed by atoms with van der Waals surface area (Å²) in [5, 5.41) is 19.3. The number of nitrogens with one attached hydrogen (secondary N) is 2. The van der Waals surface area contributed by atoms with E-state index in [0.717, 1.165) is 10.6 Å². The highest BCUT2D eigenvalue weighted by molar-refractivity contribution is 5.95. The number of ketones is 1. The molecule has 11 atom stereocenters. The molecule has 2 aromatic rings. The van der Waals surface area contributed by atoms with Gasteiger partial charge in [0, 0.05) is 99.4 Å². The van der Waals surface area contributed by atoms with Gasteiger partial charge in [0.1, 0.15) is 30.2 Å². The third kappa shape index (κ3) is 19.6. The summed E-state index contributed by atoms with van der Waals surface area (Å²) in [7, 11) is 10.3. The minimum absolute atomic E-state index is 0.0661. The highest BCUT2D eigenvalue weighted by Gasteiger charge is 2.41. The van der Waals surface area contributed by atoms with Crippen LogP contribution in [0.1, 0.15) is 132 Å². The number of aliphatic hydroxyl groups excluding tert-OH is 1. The Morgan fingerprint density at radius 1 is 0.548 bits per heavy atom. The maximum absolute atomic E-state index is 15.0. The van der Waals surface area contributed by atoms with Gasteiger partial charge in [-0.15, -0.1) is 0 Å². The van der Waals surface area contributed by atoms with Gasteiger partial charge in [0.15, 0.2) is 5.78 Å². The molecule has 84 heavy (non-hydrogen) atoms. The van der Waals surface area contributed by atoms with Gasteiger partial charge < -0.3 is 45.1 Å². The Kier molecular flexibility index (Phi) is 28.0. The number of benzene rings is 2. The molecule has 1 aliphatic heterocycles. The van der Waals surface area contributed by atoms with Gasteiger partial charge in [0.05, 0.1) is 18.7 Å². The predicted molar refractivity (Wildman–Crippen MR) is 323 cm³/mol. The lowest BCUT2D eigenvalue weighted by Crippen LogP contribution is -2.58. The van der Waals surface area contributed by atoms with E-state index < -0.39 is 108 Å². The number of rotatable bonds is 11. The summed E-state index contributed by atoms with van der Waals surface area (Å²) < 4.78 is 0. The fourth-order valence-electron chi connectivity index (χ4n) is 10.4. The molecule has 1 fully saturated rings. The fraction of sp³-hybridized carbons (Fsp3) is 0.651. The predicted octanol–water partition coefficient (Wildman–Crippen LogP) is 5.24. The first-order valence-corrected chi connectivity index (χ1v) is 29.8. The number of hydrazine groups is 1. The number of urea groups is 1. The van der Waals surface area contributed by atoms with E-state index in [1.165, 1.54) is 90.5 Å². The van der Waals surface area contributed by atoms with E-state index in [-0.39, 0.29) is 87.5 Å². The molecule has 3 rings (SSSR count). The van der Waals surface area contributed by atoms with Gasteiger partial charge in [-0.2, -0.15) is 0 Å². The number of likely N-dealkylation sites (N-methyl/N-ethyl adjacent to an activating group) is 6. The number of aliphatic hydroxyl groups is 1. The average Bonchev–Trinajstić information content (AvgIpc) is 3.53. The summed E-state index contributed by atoms with van der Waals surface area (Å²) in [4.78, 5) is 152. The molecule has 0 saturated carbocycles. The van der Waals surface area contributed by atoms with Crippen molar-refractivity contribution < 1.29 is 53.1 Å². The third-order valence-electron chi connectivity index (χ3n) is 17.0. The monoisotopic (exact) mass is 1170 g/mol. The maximum atomic E-state index is 15.0. The van der Waals surface area contributed by atoms with Crippen LogP contribution in [0.2, 0.25) is 0 Å². The van der Waals surface area contributed by atoms with E-state index in [1.807, 2.05) is 71.9 Å². The Balaban J connectivity index is 2.19. The first kappa shape index (κ1) is 71.4. The molecule has 468 valence electrons. The van der Waals surface area contributed by atoms with E-state index >= 15 is 4.79 Å². The van der Waals surface area contributed by atoms with E-state index in [1.54, 1.807) is 58.2 Å². The van der Waals surface area contributed by atoms with Crippen molar-refractivity contribution in [2.24, 2.45) is 29.6 Å². The summed E-state index contributed by atoms with van der Waals surface area (Å²) in [6.45, 7) is 19.0. The van der Waals surface area contributed by atoms with Crippen LogP contribution in [0.15, 0.2) is 60.7 Å². The van der Waals surface area contributed by atoms with Crippen molar-refractivity contribution in [2.75, 3.05) is 55.9 Å². The highest BCUT2D eigenvalue weighted by atomic mass is 16.3. The van der Waals surface area contributed by atoms with Gasteiger partial charge in [0.25, 0.3) is 0 Å². The number of Topliss-reactive ketones (excluding diaryl/α,β-unsaturated/α-hetero) is 1. The van der Waals surface area contributed by atoms with Crippen LogP contribution in [-0.2, 0) is 56.1 Å². The standard InChI is InChI=1S/C63H100N10O11/c1-19-41(6)50-30-31-54(75)43(8)67(13)59(80)44(9)66(12)55(76)34-42(7)65-58(79)51(32-39(2)3)69(15)60(81)45(10)68(14)63(84)73(38-48-28-24-21-25-29-48)72(18)56(77)36-49(46(11)74)37-64-57(78)52(35-47-26-22-20-23-27-47)70(16)62(83)53(33-40(4)5)71(17)61(50)82/h20-29,39-46,49-53,74H,19,30-38H2,1-18H3,(H,64,78)(H,65,79)/t41-,42-,43-,44+,45-,46+,49-,50-,51-,52-,53-/m0/s1. The molecular formula is C63H100N10O11. The zero-order chi connectivity index (χ0) is 63.6. The van der Waals surface area contributed by atoms with Crippen LogP contribution < -0.4 is 10.6 Å². The van der Waals surface area contributed by atoms with Crippen molar-refractivity contribution >= 4 is 59.1 Å². The Bertz CT molecular complexity index is 2550. The normalized spacial score (nSPS) is 26.0. The number of nitrogens with zero attached hydrogens (tertiary/aromatic N) is 8. The molecule has 21 heteroatoms. The smallest absolute Gasteiger partial charge is 0.339 e. The number of hydrogen-bond acceptors (Lipinski definition) is 11. The molecule has 0 bridgehead atoms. The molecule has 3 N–H and O–H groups in total. The molecule has 0 unspecified atom stereocenters. The second-order valence-corrected chi connectivity index (χ2v) is 24.2. The first-order valence-electron chi connectivity index (χ1n) is 29.8. The summed E-state index contributed by atoms with van der Waals surface area (Å²) in [5.41, 5.74) is 1.39. The number of carbonyl (C=O) groups is 10. The lowest BCUT2D eigenvalue weighted by Gasteiger charge is -2.39. The molecule has 2 aromatic carbocycles. The van der Waals surface area contributed by atoms with E-state index in [2.05, 4.69) is 10.6 Å². The van der Waals surface area contributed by atoms with Gasteiger partial charge in [-0.1, -0.05) is 109 Å². The molecule has 1 aliphatic rings. The van der Waals surface area contributed by atoms with Gasteiger partial charge in [-0.3, -0.25) is 48.2 Å². The van der Waals surface area contributed by atoms with Crippen molar-refractivity contribution in [3.63, 3.8) is 0 Å². The van der Waals surface area contributed by atoms with Crippen molar-refractivity contribution in [3.8, 4) is 0 Å². The number of carbonyl (C=O) groups excluding carboxylic acids is 10. The lowest BCUT2D eigenvalue weighted by atomic mass is 9.85. The minimum atomic E-state index is -1.17. The summed E-state index contributed by atoms with van der Waals surface area (Å²) in [6, 6.07) is 10.2. The SMILES string of the molecule is CC[C@H](C)[C@@H]1CCC(=O)[C@H](C)N(C)C(=O)[C@@H](C)N(C)C(=O)C[C@H](C)NC(=O)[C@H](CC(C)C)N(C)C(=O)[C@H](C)N(C)C(=O)N(Cc2ccccc2)N(C)C(=O)C[C@H]([C@@H](C)O)CNC(=O)[C@H](Cc2ccccc2)N(C)C(=O)[C@H](CC(C)C)N(C)C1=O. The van der Waals surface area contributed by atoms with Crippen molar-refractivity contribution in [1.29, 1.82) is 0 Å². The van der Waals surface area contributed by atoms with Gasteiger partial charge in [-0.25, -0.2) is 9.80 Å². The average molecular weight is 1170 g/mol. The molecule has 1 saturated heterocycles. The Hall–Kier alpha value is -6.90. The van der Waals surface area contributed by atoms with Crippen LogP contribution in [0.3, 0.4) is 0 Å². The number of amides is 10. The Labute approximate surface area is 500 Å². The van der Waals surface area contributed by atoms with Gasteiger partial charge in [0.2, 0.25) is 47.3 Å². The Morgan fingerprint density at radius 3 is 1.58 bits per heavy atom. The van der Waals surface area contributed by atoms with Crippen LogP contribution in [0, 0.1) is 29.6 Å². The third-order valence-corrected chi connectivity index (χ3v) is 17.0. The zero-order valence-corrected chi connectivity index (χ0v) is 53.5. The van der Waals surface area contributed by atoms with Gasteiger partial charge >= 0.3 is 6.03 Å². The van der Waals surface area contributed by atoms with Crippen molar-refractivity contribution in [3.05, 3.63) is 71.8 Å². The molecule has 10 amide bonds. The molecule has 0 spiro atoms. The van der Waals surface area contributed by atoms with Crippen LogP contribution in [-0.4, -0.2) is 208 Å². The quantitative estimate of drug-likeness (QED) is 0.263. The van der Waals surface area contributed by atoms with Crippen LogP contribution in [0.4, 0.5) is 4.79 Å². The van der Waals surface area contributed by atoms with Crippen molar-refractivity contribution in [2.45, 2.75) is 182 Å². The summed E-state index contributed by atoms with van der Waals surface area (Å²) in [6.07, 6.45) is -0.522. The largest absolute Gasteiger partial charge is 0.393 e. The van der Waals surface area contributed by atoms with E-state index in [0.29, 0.717) is 12.0 Å². The molecule has 0 aliphatic carbocycles. The zero-order valence-electron chi connectivity index (χ0n) is 53.5. The second kappa shape index (κ2) is 33.0. The summed E-state index contributed by atoms with van der Waals surface area (Å²) in [5.74, 6) is -6.40. The van der Waals surface area contributed by atoms with Crippen LogP contribution >= 0.6 is 0 Å². The number of hydrogen-bond donors (Lipinski definition) is 3. The Morgan fingerprint density at radius 2 is 1.05 bits per heavy atom.